The molecule has 3 rings (SSSR count). The molecule has 29 heavy (non-hydrogen) atoms. The van der Waals surface area contributed by atoms with Crippen LogP contribution in [-0.2, 0) is 16.1 Å². The highest BCUT2D eigenvalue weighted by Crippen LogP contribution is 2.15. The van der Waals surface area contributed by atoms with E-state index in [4.69, 9.17) is 10.00 Å². The van der Waals surface area contributed by atoms with Crippen LogP contribution in [0.1, 0.15) is 48.2 Å². The van der Waals surface area contributed by atoms with Gasteiger partial charge in [-0.3, -0.25) is 9.59 Å². The average Bonchev–Trinajstić information content (AvgIpc) is 3.21. The van der Waals surface area contributed by atoms with Crippen molar-refractivity contribution in [3.05, 3.63) is 47.8 Å². The lowest BCUT2D eigenvalue weighted by Gasteiger charge is -2.35. The summed E-state index contributed by atoms with van der Waals surface area (Å²) < 4.78 is 7.49. The third kappa shape index (κ3) is 4.97. The van der Waals surface area contributed by atoms with E-state index in [1.54, 1.807) is 17.2 Å². The number of hydrogen-bond acceptors (Lipinski definition) is 6. The first-order valence-electron chi connectivity index (χ1n) is 9.53. The summed E-state index contributed by atoms with van der Waals surface area (Å²) in [6.45, 7) is 5.53. The molecule has 0 saturated carbocycles. The number of carbonyl (C=O) groups is 2. The molecule has 2 amide bonds. The highest BCUT2D eigenvalue weighted by Gasteiger charge is 2.30. The number of nitrogens with one attached hydrogen (secondary N) is 1. The van der Waals surface area contributed by atoms with Gasteiger partial charge in [0.2, 0.25) is 5.91 Å². The van der Waals surface area contributed by atoms with Crippen molar-refractivity contribution in [2.75, 3.05) is 19.8 Å². The Balaban J connectivity index is 1.61. The summed E-state index contributed by atoms with van der Waals surface area (Å²) >= 11 is 0. The Hall–Kier alpha value is -3.25. The summed E-state index contributed by atoms with van der Waals surface area (Å²) in [5, 5.41) is 11.7. The lowest BCUT2D eigenvalue weighted by atomic mass is 10.1. The van der Waals surface area contributed by atoms with Crippen molar-refractivity contribution in [1.82, 2.24) is 24.8 Å². The highest BCUT2D eigenvalue weighted by molar-refractivity contribution is 5.94. The van der Waals surface area contributed by atoms with Gasteiger partial charge in [0, 0.05) is 37.6 Å². The molecule has 0 unspecified atom stereocenters. The van der Waals surface area contributed by atoms with E-state index < -0.39 is 0 Å². The Kier molecular flexibility index (Phi) is 6.57. The predicted molar refractivity (Wildman–Crippen MR) is 104 cm³/mol. The molecular formula is C20H24N6O3. The second kappa shape index (κ2) is 9.30. The van der Waals surface area contributed by atoms with E-state index in [0.29, 0.717) is 31.9 Å². The van der Waals surface area contributed by atoms with E-state index in [9.17, 15) is 9.59 Å². The van der Waals surface area contributed by atoms with Crippen LogP contribution in [0.4, 0.5) is 0 Å². The van der Waals surface area contributed by atoms with E-state index in [-0.39, 0.29) is 36.0 Å². The fourth-order valence-corrected chi connectivity index (χ4v) is 3.26. The zero-order valence-electron chi connectivity index (χ0n) is 16.5. The largest absolute Gasteiger partial charge is 0.377 e. The van der Waals surface area contributed by atoms with Gasteiger partial charge in [0.15, 0.2) is 0 Å². The molecule has 0 spiro atoms. The quantitative estimate of drug-likeness (QED) is 0.787. The van der Waals surface area contributed by atoms with Crippen LogP contribution in [0, 0.1) is 11.3 Å². The Morgan fingerprint density at radius 2 is 2.21 bits per heavy atom. The first kappa shape index (κ1) is 20.5. The predicted octanol–water partition coefficient (Wildman–Crippen LogP) is 1.28. The van der Waals surface area contributed by atoms with Crippen molar-refractivity contribution in [3.63, 3.8) is 0 Å². The normalized spacial score (nSPS) is 16.5. The summed E-state index contributed by atoms with van der Waals surface area (Å²) in [7, 11) is 0. The maximum Gasteiger partial charge on any atom is 0.255 e. The molecule has 1 atom stereocenters. The number of amides is 2. The monoisotopic (exact) mass is 396 g/mol. The van der Waals surface area contributed by atoms with E-state index in [1.165, 1.54) is 12.3 Å². The minimum Gasteiger partial charge on any atom is -0.377 e. The van der Waals surface area contributed by atoms with Gasteiger partial charge in [-0.15, -0.1) is 0 Å². The fraction of sp³-hybridized carbons (Fsp3) is 0.450. The van der Waals surface area contributed by atoms with E-state index >= 15 is 0 Å². The first-order valence-corrected chi connectivity index (χ1v) is 9.53. The van der Waals surface area contributed by atoms with Crippen LogP contribution in [0.3, 0.4) is 0 Å². The molecule has 3 heterocycles. The van der Waals surface area contributed by atoms with Crippen molar-refractivity contribution >= 4 is 11.8 Å². The van der Waals surface area contributed by atoms with E-state index in [0.717, 1.165) is 5.82 Å². The molecule has 0 aliphatic carbocycles. The van der Waals surface area contributed by atoms with Crippen molar-refractivity contribution in [1.29, 1.82) is 5.26 Å². The highest BCUT2D eigenvalue weighted by atomic mass is 16.5. The summed E-state index contributed by atoms with van der Waals surface area (Å²) in [4.78, 5) is 35.2. The minimum atomic E-state index is -0.364. The van der Waals surface area contributed by atoms with Crippen LogP contribution in [-0.4, -0.2) is 57.0 Å². The van der Waals surface area contributed by atoms with Gasteiger partial charge in [-0.2, -0.15) is 5.26 Å². The summed E-state index contributed by atoms with van der Waals surface area (Å²) in [5.74, 6) is 0.387. The van der Waals surface area contributed by atoms with E-state index in [1.807, 2.05) is 30.7 Å². The lowest BCUT2D eigenvalue weighted by molar-refractivity contribution is -0.123. The lowest BCUT2D eigenvalue weighted by Crippen LogP contribution is -2.50. The van der Waals surface area contributed by atoms with Crippen LogP contribution >= 0.6 is 0 Å². The zero-order chi connectivity index (χ0) is 20.8. The molecule has 0 aromatic carbocycles. The molecule has 0 radical (unpaired) electrons. The maximum atomic E-state index is 12.9. The third-order valence-corrected chi connectivity index (χ3v) is 4.78. The zero-order valence-corrected chi connectivity index (χ0v) is 16.5. The second-order valence-corrected chi connectivity index (χ2v) is 7.10. The van der Waals surface area contributed by atoms with Gasteiger partial charge in [0.05, 0.1) is 31.4 Å². The number of carbonyl (C=O) groups excluding carboxylic acids is 2. The molecular weight excluding hydrogens is 372 g/mol. The van der Waals surface area contributed by atoms with Crippen molar-refractivity contribution in [2.24, 2.45) is 0 Å². The van der Waals surface area contributed by atoms with Gasteiger partial charge in [-0.05, 0) is 26.0 Å². The molecule has 9 nitrogen and oxygen atoms in total. The van der Waals surface area contributed by atoms with Crippen molar-refractivity contribution in [3.8, 4) is 6.07 Å². The Morgan fingerprint density at radius 1 is 1.38 bits per heavy atom. The number of rotatable bonds is 6. The molecule has 2 aromatic heterocycles. The second-order valence-electron chi connectivity index (χ2n) is 7.10. The number of pyridine rings is 1. The number of hydrogen-bond donors (Lipinski definition) is 1. The number of aromatic nitrogens is 3. The average molecular weight is 396 g/mol. The van der Waals surface area contributed by atoms with Crippen molar-refractivity contribution < 1.29 is 14.3 Å². The Bertz CT molecular complexity index is 900. The summed E-state index contributed by atoms with van der Waals surface area (Å²) in [6.07, 6.45) is 5.12. The van der Waals surface area contributed by atoms with Crippen LogP contribution in [0.15, 0.2) is 30.7 Å². The molecule has 2 aromatic rings. The molecule has 1 N–H and O–H groups in total. The number of morpholine rings is 1. The number of imidazole rings is 1. The topological polar surface area (TPSA) is 113 Å². The first-order chi connectivity index (χ1) is 14.0. The van der Waals surface area contributed by atoms with Crippen LogP contribution in [0.5, 0.6) is 0 Å². The number of nitrogens with zero attached hydrogens (tertiary/aromatic N) is 5. The Morgan fingerprint density at radius 3 is 2.90 bits per heavy atom. The van der Waals surface area contributed by atoms with Gasteiger partial charge in [0.1, 0.15) is 17.6 Å². The molecule has 1 aliphatic heterocycles. The van der Waals surface area contributed by atoms with Gasteiger partial charge in [0.25, 0.3) is 5.91 Å². The van der Waals surface area contributed by atoms with Gasteiger partial charge >= 0.3 is 0 Å². The number of nitriles is 1. The molecule has 1 aliphatic rings. The maximum absolute atomic E-state index is 12.9. The van der Waals surface area contributed by atoms with Gasteiger partial charge < -0.3 is 19.5 Å². The number of ether oxygens (including phenoxy) is 1. The summed E-state index contributed by atoms with van der Waals surface area (Å²) in [5.41, 5.74) is 0.634. The van der Waals surface area contributed by atoms with Crippen LogP contribution in [0.2, 0.25) is 0 Å². The van der Waals surface area contributed by atoms with E-state index in [2.05, 4.69) is 15.3 Å². The fourth-order valence-electron chi connectivity index (χ4n) is 3.26. The molecule has 1 saturated heterocycles. The van der Waals surface area contributed by atoms with Gasteiger partial charge in [-0.25, -0.2) is 9.97 Å². The molecule has 9 heteroatoms. The Labute approximate surface area is 169 Å². The smallest absolute Gasteiger partial charge is 0.255 e. The minimum absolute atomic E-state index is 0.137. The van der Waals surface area contributed by atoms with Gasteiger partial charge in [-0.1, -0.05) is 0 Å². The van der Waals surface area contributed by atoms with Crippen molar-refractivity contribution in [2.45, 2.75) is 38.9 Å². The summed E-state index contributed by atoms with van der Waals surface area (Å²) in [6, 6.07) is 4.90. The molecule has 152 valence electrons. The van der Waals surface area contributed by atoms with Crippen LogP contribution < -0.4 is 5.32 Å². The standard InChI is InChI=1S/C20H24N6O3/c1-14(2)25-6-5-22-18(25)12-24-19(27)9-17-13-29-8-7-26(17)20(28)15-3-4-16(10-21)23-11-15/h3-6,11,14,17H,7-9,12-13H2,1-2H3,(H,24,27)/t17-/m0/s1. The molecule has 1 fully saturated rings. The van der Waals surface area contributed by atoms with Crippen LogP contribution in [0.25, 0.3) is 0 Å². The SMILES string of the molecule is CC(C)n1ccnc1CNC(=O)C[C@H]1COCCN1C(=O)c1ccc(C#N)nc1. The third-order valence-electron chi connectivity index (χ3n) is 4.78. The molecule has 0 bridgehead atoms.